The van der Waals surface area contributed by atoms with Crippen LogP contribution in [0.25, 0.3) is 0 Å². The molecule has 0 amide bonds. The Morgan fingerprint density at radius 1 is 1.50 bits per heavy atom. The van der Waals surface area contributed by atoms with E-state index in [0.717, 1.165) is 18.3 Å². The molecule has 0 radical (unpaired) electrons. The standard InChI is InChI=1S/C8H5F3N2O/c9-8(10,11)14-7-2-4-13-6(5-7)1-3-12/h2,4-5H,1H2. The smallest absolute Gasteiger partial charge is 0.406 e. The summed E-state index contributed by atoms with van der Waals surface area (Å²) in [6, 6.07) is 3.93. The second-order valence-corrected chi connectivity index (χ2v) is 2.37. The Labute approximate surface area is 77.7 Å². The number of hydrogen-bond donors (Lipinski definition) is 0. The highest BCUT2D eigenvalue weighted by Gasteiger charge is 2.31. The van der Waals surface area contributed by atoms with Gasteiger partial charge in [-0.05, 0) is 6.07 Å². The molecule has 0 fully saturated rings. The lowest BCUT2D eigenvalue weighted by atomic mass is 10.3. The lowest BCUT2D eigenvalue weighted by molar-refractivity contribution is -0.274. The monoisotopic (exact) mass is 202 g/mol. The molecule has 0 aliphatic rings. The Hall–Kier alpha value is -1.77. The zero-order valence-corrected chi connectivity index (χ0v) is 6.88. The molecule has 0 aromatic carbocycles. The van der Waals surface area contributed by atoms with Crippen molar-refractivity contribution in [2.24, 2.45) is 0 Å². The molecule has 1 aromatic heterocycles. The number of rotatable bonds is 2. The van der Waals surface area contributed by atoms with Crippen molar-refractivity contribution in [1.29, 1.82) is 5.26 Å². The number of halogens is 3. The van der Waals surface area contributed by atoms with Gasteiger partial charge in [0, 0.05) is 12.3 Å². The maximum absolute atomic E-state index is 11.8. The number of nitriles is 1. The predicted molar refractivity (Wildman–Crippen MR) is 40.2 cm³/mol. The van der Waals surface area contributed by atoms with Gasteiger partial charge in [-0.2, -0.15) is 5.26 Å². The third-order valence-corrected chi connectivity index (χ3v) is 1.28. The molecule has 0 spiro atoms. The van der Waals surface area contributed by atoms with E-state index in [1.807, 2.05) is 0 Å². The Morgan fingerprint density at radius 3 is 2.79 bits per heavy atom. The highest BCUT2D eigenvalue weighted by molar-refractivity contribution is 5.24. The summed E-state index contributed by atoms with van der Waals surface area (Å²) in [6.45, 7) is 0. The maximum atomic E-state index is 11.8. The number of nitrogens with zero attached hydrogens (tertiary/aromatic N) is 2. The molecule has 0 N–H and O–H groups in total. The van der Waals surface area contributed by atoms with Crippen molar-refractivity contribution in [3.05, 3.63) is 24.0 Å². The number of aromatic nitrogens is 1. The van der Waals surface area contributed by atoms with Crippen LogP contribution < -0.4 is 4.74 Å². The van der Waals surface area contributed by atoms with Gasteiger partial charge in [0.1, 0.15) is 5.75 Å². The van der Waals surface area contributed by atoms with Crippen LogP contribution in [0.5, 0.6) is 5.75 Å². The van der Waals surface area contributed by atoms with Crippen LogP contribution in [0.1, 0.15) is 5.69 Å². The van der Waals surface area contributed by atoms with E-state index in [2.05, 4.69) is 9.72 Å². The Kier molecular flexibility index (Phi) is 2.92. The van der Waals surface area contributed by atoms with Crippen LogP contribution in [-0.4, -0.2) is 11.3 Å². The SMILES string of the molecule is N#CCc1cc(OC(F)(F)F)ccn1. The van der Waals surface area contributed by atoms with E-state index in [-0.39, 0.29) is 17.9 Å². The molecule has 0 saturated carbocycles. The summed E-state index contributed by atoms with van der Waals surface area (Å²) < 4.78 is 38.9. The highest BCUT2D eigenvalue weighted by atomic mass is 19.4. The number of hydrogen-bond acceptors (Lipinski definition) is 3. The summed E-state index contributed by atoms with van der Waals surface area (Å²) in [5.74, 6) is -0.363. The van der Waals surface area contributed by atoms with E-state index >= 15 is 0 Å². The average molecular weight is 202 g/mol. The Morgan fingerprint density at radius 2 is 2.21 bits per heavy atom. The molecule has 74 valence electrons. The summed E-state index contributed by atoms with van der Waals surface area (Å²) in [4.78, 5) is 3.69. The lowest BCUT2D eigenvalue weighted by Crippen LogP contribution is -2.17. The van der Waals surface area contributed by atoms with E-state index in [4.69, 9.17) is 5.26 Å². The van der Waals surface area contributed by atoms with Gasteiger partial charge in [0.05, 0.1) is 18.2 Å². The van der Waals surface area contributed by atoms with Crippen molar-refractivity contribution in [1.82, 2.24) is 4.98 Å². The van der Waals surface area contributed by atoms with Crippen LogP contribution in [0.2, 0.25) is 0 Å². The number of pyridine rings is 1. The molecule has 1 heterocycles. The molecular weight excluding hydrogens is 197 g/mol. The van der Waals surface area contributed by atoms with Crippen molar-refractivity contribution in [3.8, 4) is 11.8 Å². The molecule has 0 atom stereocenters. The molecule has 1 rings (SSSR count). The minimum Gasteiger partial charge on any atom is -0.406 e. The Bertz CT molecular complexity index is 356. The van der Waals surface area contributed by atoms with Crippen molar-refractivity contribution in [2.75, 3.05) is 0 Å². The van der Waals surface area contributed by atoms with Crippen LogP contribution >= 0.6 is 0 Å². The zero-order valence-electron chi connectivity index (χ0n) is 6.88. The molecule has 0 saturated heterocycles. The summed E-state index contributed by atoms with van der Waals surface area (Å²) >= 11 is 0. The first kappa shape index (κ1) is 10.3. The van der Waals surface area contributed by atoms with Crippen molar-refractivity contribution < 1.29 is 17.9 Å². The lowest BCUT2D eigenvalue weighted by Gasteiger charge is -2.08. The maximum Gasteiger partial charge on any atom is 0.573 e. The summed E-state index contributed by atoms with van der Waals surface area (Å²) in [5.41, 5.74) is 0.245. The summed E-state index contributed by atoms with van der Waals surface area (Å²) in [5, 5.41) is 8.29. The molecule has 0 bridgehead atoms. The van der Waals surface area contributed by atoms with E-state index in [9.17, 15) is 13.2 Å². The molecule has 14 heavy (non-hydrogen) atoms. The molecule has 6 heteroatoms. The van der Waals surface area contributed by atoms with Crippen LogP contribution in [0.4, 0.5) is 13.2 Å². The normalized spacial score (nSPS) is 10.7. The number of ether oxygens (including phenoxy) is 1. The van der Waals surface area contributed by atoms with Crippen LogP contribution in [-0.2, 0) is 6.42 Å². The third-order valence-electron chi connectivity index (χ3n) is 1.28. The van der Waals surface area contributed by atoms with E-state index in [1.165, 1.54) is 0 Å². The zero-order chi connectivity index (χ0) is 10.6. The van der Waals surface area contributed by atoms with Crippen LogP contribution in [0.3, 0.4) is 0 Å². The quantitative estimate of drug-likeness (QED) is 0.737. The largest absolute Gasteiger partial charge is 0.573 e. The Balaban J connectivity index is 2.79. The first-order valence-corrected chi connectivity index (χ1v) is 3.59. The minimum atomic E-state index is -4.72. The minimum absolute atomic E-state index is 0.0466. The summed E-state index contributed by atoms with van der Waals surface area (Å²) in [7, 11) is 0. The number of alkyl halides is 3. The first-order valence-electron chi connectivity index (χ1n) is 3.59. The summed E-state index contributed by atoms with van der Waals surface area (Å²) in [6.07, 6.45) is -3.60. The fourth-order valence-electron chi connectivity index (χ4n) is 0.831. The van der Waals surface area contributed by atoms with Gasteiger partial charge in [-0.1, -0.05) is 0 Å². The van der Waals surface area contributed by atoms with Gasteiger partial charge in [-0.3, -0.25) is 4.98 Å². The third kappa shape index (κ3) is 3.31. The molecule has 0 aliphatic heterocycles. The van der Waals surface area contributed by atoms with Gasteiger partial charge in [0.15, 0.2) is 0 Å². The molecule has 3 nitrogen and oxygen atoms in total. The van der Waals surface area contributed by atoms with E-state index in [1.54, 1.807) is 6.07 Å². The highest BCUT2D eigenvalue weighted by Crippen LogP contribution is 2.22. The van der Waals surface area contributed by atoms with Crippen molar-refractivity contribution >= 4 is 0 Å². The fourth-order valence-corrected chi connectivity index (χ4v) is 0.831. The van der Waals surface area contributed by atoms with Crippen molar-refractivity contribution in [3.63, 3.8) is 0 Å². The molecule has 0 unspecified atom stereocenters. The van der Waals surface area contributed by atoms with E-state index < -0.39 is 6.36 Å². The topological polar surface area (TPSA) is 45.9 Å². The van der Waals surface area contributed by atoms with Crippen LogP contribution in [0, 0.1) is 11.3 Å². The van der Waals surface area contributed by atoms with Gasteiger partial charge < -0.3 is 4.74 Å². The first-order chi connectivity index (χ1) is 6.51. The van der Waals surface area contributed by atoms with Gasteiger partial charge in [0.2, 0.25) is 0 Å². The van der Waals surface area contributed by atoms with E-state index in [0.29, 0.717) is 0 Å². The fraction of sp³-hybridized carbons (Fsp3) is 0.250. The molecular formula is C8H5F3N2O. The predicted octanol–water partition coefficient (Wildman–Crippen LogP) is 2.05. The van der Waals surface area contributed by atoms with Gasteiger partial charge in [-0.15, -0.1) is 13.2 Å². The van der Waals surface area contributed by atoms with Gasteiger partial charge in [-0.25, -0.2) is 0 Å². The molecule has 1 aromatic rings. The van der Waals surface area contributed by atoms with Gasteiger partial charge >= 0.3 is 6.36 Å². The van der Waals surface area contributed by atoms with Crippen LogP contribution in [0.15, 0.2) is 18.3 Å². The van der Waals surface area contributed by atoms with Gasteiger partial charge in [0.25, 0.3) is 0 Å². The second kappa shape index (κ2) is 3.96. The second-order valence-electron chi connectivity index (χ2n) is 2.37. The average Bonchev–Trinajstić information content (AvgIpc) is 2.02. The van der Waals surface area contributed by atoms with Crippen molar-refractivity contribution in [2.45, 2.75) is 12.8 Å². The molecule has 0 aliphatic carbocycles.